The maximum absolute atomic E-state index is 11.9. The van der Waals surface area contributed by atoms with E-state index in [-0.39, 0.29) is 5.56 Å². The molecular formula is C12H12N4O3. The Labute approximate surface area is 109 Å². The average molecular weight is 260 g/mol. The molecule has 0 aliphatic rings. The topological polar surface area (TPSA) is 89.2 Å². The second-order valence-electron chi connectivity index (χ2n) is 3.89. The van der Waals surface area contributed by atoms with E-state index in [2.05, 4.69) is 19.6 Å². The molecule has 2 heterocycles. The number of aromatic nitrogens is 3. The van der Waals surface area contributed by atoms with Gasteiger partial charge in [0.05, 0.1) is 0 Å². The quantitative estimate of drug-likeness (QED) is 0.569. The molecule has 1 amide bonds. The molecule has 0 radical (unpaired) electrons. The predicted molar refractivity (Wildman–Crippen MR) is 64.2 cm³/mol. The second kappa shape index (κ2) is 5.85. The number of likely N-dealkylation sites (N-methyl/N-ethyl adjacent to an activating group) is 1. The number of nitrogens with zero attached hydrogens (tertiary/aromatic N) is 4. The summed E-state index contributed by atoms with van der Waals surface area (Å²) in [5.74, 6) is -0.673. The first-order chi connectivity index (χ1) is 9.18. The fourth-order valence-electron chi connectivity index (χ4n) is 1.47. The Morgan fingerprint density at radius 2 is 2.26 bits per heavy atom. The van der Waals surface area contributed by atoms with Gasteiger partial charge in [-0.2, -0.15) is 4.98 Å². The van der Waals surface area contributed by atoms with Gasteiger partial charge in [-0.05, 0) is 12.1 Å². The smallest absolute Gasteiger partial charge is 0.294 e. The molecule has 98 valence electrons. The first-order valence-corrected chi connectivity index (χ1v) is 5.63. The Balaban J connectivity index is 1.93. The van der Waals surface area contributed by atoms with Gasteiger partial charge in [-0.1, -0.05) is 5.16 Å². The number of rotatable bonds is 5. The fraction of sp³-hybridized carbons (Fsp3) is 0.250. The number of ketones is 1. The molecule has 0 bridgehead atoms. The molecule has 0 saturated heterocycles. The number of amides is 1. The predicted octanol–water partition coefficient (Wildman–Crippen LogP) is 0.348. The highest BCUT2D eigenvalue weighted by atomic mass is 16.5. The van der Waals surface area contributed by atoms with Gasteiger partial charge in [0.1, 0.15) is 0 Å². The summed E-state index contributed by atoms with van der Waals surface area (Å²) in [6, 6.07) is 3.17. The summed E-state index contributed by atoms with van der Waals surface area (Å²) in [7, 11) is 1.55. The Bertz CT molecular complexity index is 554. The molecule has 0 N–H and O–H groups in total. The molecule has 0 unspecified atom stereocenters. The molecule has 19 heavy (non-hydrogen) atoms. The monoisotopic (exact) mass is 260 g/mol. The van der Waals surface area contributed by atoms with E-state index in [1.807, 2.05) is 0 Å². The van der Waals surface area contributed by atoms with Crippen LogP contribution < -0.4 is 0 Å². The van der Waals surface area contributed by atoms with Crippen LogP contribution in [0.1, 0.15) is 16.2 Å². The highest BCUT2D eigenvalue weighted by Gasteiger charge is 2.20. The minimum atomic E-state index is -0.587. The first-order valence-electron chi connectivity index (χ1n) is 5.63. The highest BCUT2D eigenvalue weighted by Crippen LogP contribution is 2.01. The Hall–Kier alpha value is -2.57. The summed E-state index contributed by atoms with van der Waals surface area (Å²) in [5.41, 5.74) is 0.277. The Kier molecular flexibility index (Phi) is 3.97. The molecule has 0 atom stereocenters. The molecule has 0 fully saturated rings. The Morgan fingerprint density at radius 1 is 1.42 bits per heavy atom. The Morgan fingerprint density at radius 3 is 2.89 bits per heavy atom. The van der Waals surface area contributed by atoms with Crippen molar-refractivity contribution in [2.75, 3.05) is 13.6 Å². The molecule has 0 aliphatic carbocycles. The third kappa shape index (κ3) is 3.21. The van der Waals surface area contributed by atoms with E-state index in [4.69, 9.17) is 0 Å². The van der Waals surface area contributed by atoms with Crippen molar-refractivity contribution in [2.45, 2.75) is 6.42 Å². The van der Waals surface area contributed by atoms with E-state index in [1.54, 1.807) is 25.4 Å². The number of Topliss-reactive ketones (excluding diaryl/α,β-unsaturated/α-hetero) is 1. The minimum Gasteiger partial charge on any atom is -0.343 e. The van der Waals surface area contributed by atoms with Crippen LogP contribution in [0.5, 0.6) is 0 Å². The van der Waals surface area contributed by atoms with E-state index in [1.165, 1.54) is 17.5 Å². The van der Waals surface area contributed by atoms with Gasteiger partial charge in [0.2, 0.25) is 6.39 Å². The van der Waals surface area contributed by atoms with Crippen molar-refractivity contribution in [3.05, 3.63) is 42.3 Å². The number of carbonyl (C=O) groups excluding carboxylic acids is 2. The normalized spacial score (nSPS) is 10.2. The van der Waals surface area contributed by atoms with Crippen LogP contribution in [-0.4, -0.2) is 45.3 Å². The third-order valence-electron chi connectivity index (χ3n) is 2.54. The number of carbonyl (C=O) groups is 2. The van der Waals surface area contributed by atoms with E-state index >= 15 is 0 Å². The van der Waals surface area contributed by atoms with Crippen molar-refractivity contribution in [3.8, 4) is 0 Å². The number of hydrogen-bond acceptors (Lipinski definition) is 6. The second-order valence-corrected chi connectivity index (χ2v) is 3.89. The lowest BCUT2D eigenvalue weighted by Gasteiger charge is -2.14. The van der Waals surface area contributed by atoms with Crippen LogP contribution in [0.25, 0.3) is 0 Å². The molecular weight excluding hydrogens is 248 g/mol. The minimum absolute atomic E-state index is 0.277. The zero-order valence-electron chi connectivity index (χ0n) is 10.3. The summed E-state index contributed by atoms with van der Waals surface area (Å²) in [4.78, 5) is 32.7. The molecule has 0 aromatic carbocycles. The van der Waals surface area contributed by atoms with E-state index in [9.17, 15) is 9.59 Å². The zero-order valence-corrected chi connectivity index (χ0v) is 10.3. The third-order valence-corrected chi connectivity index (χ3v) is 2.54. The lowest BCUT2D eigenvalue weighted by Crippen LogP contribution is -2.35. The van der Waals surface area contributed by atoms with Crippen molar-refractivity contribution in [3.63, 3.8) is 0 Å². The van der Waals surface area contributed by atoms with Crippen LogP contribution >= 0.6 is 0 Å². The van der Waals surface area contributed by atoms with Crippen LogP contribution in [0, 0.1) is 0 Å². The van der Waals surface area contributed by atoms with Crippen LogP contribution in [0.15, 0.2) is 35.4 Å². The van der Waals surface area contributed by atoms with Crippen molar-refractivity contribution < 1.29 is 14.1 Å². The average Bonchev–Trinajstić information content (AvgIpc) is 2.97. The lowest BCUT2D eigenvalue weighted by atomic mass is 10.1. The van der Waals surface area contributed by atoms with Crippen LogP contribution in [0.4, 0.5) is 0 Å². The van der Waals surface area contributed by atoms with Gasteiger partial charge in [0.15, 0.2) is 5.82 Å². The van der Waals surface area contributed by atoms with Gasteiger partial charge in [-0.25, -0.2) is 0 Å². The van der Waals surface area contributed by atoms with Gasteiger partial charge in [0.25, 0.3) is 11.7 Å². The molecule has 7 heteroatoms. The lowest BCUT2D eigenvalue weighted by molar-refractivity contribution is -0.125. The molecule has 0 aliphatic heterocycles. The van der Waals surface area contributed by atoms with Crippen molar-refractivity contribution in [2.24, 2.45) is 0 Å². The maximum atomic E-state index is 11.9. The SMILES string of the molecule is CN(CCc1ncon1)C(=O)C(=O)c1cccnc1. The van der Waals surface area contributed by atoms with Crippen molar-refractivity contribution >= 4 is 11.7 Å². The van der Waals surface area contributed by atoms with Crippen LogP contribution in [0.3, 0.4) is 0 Å². The number of pyridine rings is 1. The summed E-state index contributed by atoms with van der Waals surface area (Å²) < 4.78 is 4.58. The summed E-state index contributed by atoms with van der Waals surface area (Å²) in [6.45, 7) is 0.338. The van der Waals surface area contributed by atoms with Gasteiger partial charge in [-0.15, -0.1) is 0 Å². The van der Waals surface area contributed by atoms with Crippen molar-refractivity contribution in [1.29, 1.82) is 0 Å². The summed E-state index contributed by atoms with van der Waals surface area (Å²) in [6.07, 6.45) is 4.56. The molecule has 2 aromatic heterocycles. The molecule has 0 saturated carbocycles. The van der Waals surface area contributed by atoms with E-state index in [0.717, 1.165) is 0 Å². The van der Waals surface area contributed by atoms with Gasteiger partial charge < -0.3 is 9.42 Å². The van der Waals surface area contributed by atoms with E-state index in [0.29, 0.717) is 18.8 Å². The molecule has 2 rings (SSSR count). The largest absolute Gasteiger partial charge is 0.343 e. The maximum Gasteiger partial charge on any atom is 0.294 e. The molecule has 7 nitrogen and oxygen atoms in total. The van der Waals surface area contributed by atoms with Gasteiger partial charge >= 0.3 is 0 Å². The van der Waals surface area contributed by atoms with Gasteiger partial charge in [0, 0.05) is 38.0 Å². The summed E-state index contributed by atoms with van der Waals surface area (Å²) in [5, 5.41) is 3.63. The number of hydrogen-bond donors (Lipinski definition) is 0. The van der Waals surface area contributed by atoms with Gasteiger partial charge in [-0.3, -0.25) is 14.6 Å². The van der Waals surface area contributed by atoms with Crippen LogP contribution in [-0.2, 0) is 11.2 Å². The standard InChI is InChI=1S/C12H12N4O3/c1-16(6-4-10-14-8-19-15-10)12(18)11(17)9-3-2-5-13-7-9/h2-3,5,7-8H,4,6H2,1H3. The van der Waals surface area contributed by atoms with Crippen LogP contribution in [0.2, 0.25) is 0 Å². The molecule has 2 aromatic rings. The van der Waals surface area contributed by atoms with Crippen molar-refractivity contribution in [1.82, 2.24) is 20.0 Å². The summed E-state index contributed by atoms with van der Waals surface area (Å²) >= 11 is 0. The van der Waals surface area contributed by atoms with E-state index < -0.39 is 11.7 Å². The zero-order chi connectivity index (χ0) is 13.7. The fourth-order valence-corrected chi connectivity index (χ4v) is 1.47. The first kappa shape index (κ1) is 12.9. The molecule has 0 spiro atoms. The highest BCUT2D eigenvalue weighted by molar-refractivity contribution is 6.42.